The summed E-state index contributed by atoms with van der Waals surface area (Å²) in [5.41, 5.74) is 0.812. The van der Waals surface area contributed by atoms with Crippen LogP contribution in [0.4, 0.5) is 8.78 Å². The fourth-order valence-corrected chi connectivity index (χ4v) is 1.07. The van der Waals surface area contributed by atoms with Crippen molar-refractivity contribution in [2.45, 2.75) is 33.8 Å². The van der Waals surface area contributed by atoms with E-state index >= 15 is 0 Å². The van der Waals surface area contributed by atoms with Gasteiger partial charge in [-0.3, -0.25) is 0 Å². The summed E-state index contributed by atoms with van der Waals surface area (Å²) in [6, 6.07) is 6.04. The zero-order valence-corrected chi connectivity index (χ0v) is 10.3. The highest BCUT2D eigenvalue weighted by Crippen LogP contribution is 2.19. The van der Waals surface area contributed by atoms with Gasteiger partial charge in [0.25, 0.3) is 6.43 Å². The quantitative estimate of drug-likeness (QED) is 0.572. The maximum Gasteiger partial charge on any atom is 0.263 e. The van der Waals surface area contributed by atoms with Crippen LogP contribution in [-0.4, -0.2) is 6.21 Å². The van der Waals surface area contributed by atoms with Gasteiger partial charge in [0.15, 0.2) is 0 Å². The second kappa shape index (κ2) is 5.75. The van der Waals surface area contributed by atoms with Gasteiger partial charge in [0, 0.05) is 17.2 Å². The van der Waals surface area contributed by atoms with E-state index in [0.717, 1.165) is 5.56 Å². The van der Waals surface area contributed by atoms with E-state index in [-0.39, 0.29) is 17.6 Å². The molecule has 0 aliphatic carbocycles. The highest BCUT2D eigenvalue weighted by Gasteiger charge is 2.06. The molecule has 0 N–H and O–H groups in total. The molecule has 0 aromatic heterocycles. The van der Waals surface area contributed by atoms with Gasteiger partial charge in [-0.15, -0.1) is 0 Å². The van der Waals surface area contributed by atoms with Gasteiger partial charge in [0.2, 0.25) is 0 Å². The summed E-state index contributed by atoms with van der Waals surface area (Å²) in [6.45, 7) is 6.32. The number of benzene rings is 1. The second-order valence-electron chi connectivity index (χ2n) is 4.92. The van der Waals surface area contributed by atoms with Crippen LogP contribution in [0.1, 0.15) is 38.3 Å². The molecule has 1 aromatic rings. The van der Waals surface area contributed by atoms with Crippen molar-refractivity contribution in [2.24, 2.45) is 10.6 Å². The molecule has 2 nitrogen and oxygen atoms in total. The Morgan fingerprint density at radius 3 is 2.29 bits per heavy atom. The van der Waals surface area contributed by atoms with Crippen LogP contribution < -0.4 is 0 Å². The molecule has 0 spiro atoms. The topological polar surface area (TPSA) is 21.6 Å². The van der Waals surface area contributed by atoms with Crippen molar-refractivity contribution < 1.29 is 13.6 Å². The van der Waals surface area contributed by atoms with Crippen LogP contribution in [0.3, 0.4) is 0 Å². The summed E-state index contributed by atoms with van der Waals surface area (Å²) in [5.74, 6) is 0. The molecule has 17 heavy (non-hydrogen) atoms. The van der Waals surface area contributed by atoms with Crippen LogP contribution in [0.15, 0.2) is 29.4 Å². The minimum atomic E-state index is -2.43. The summed E-state index contributed by atoms with van der Waals surface area (Å²) < 4.78 is 24.6. The van der Waals surface area contributed by atoms with Crippen LogP contribution in [0.5, 0.6) is 0 Å². The Morgan fingerprint density at radius 1 is 1.24 bits per heavy atom. The normalized spacial score (nSPS) is 12.4. The van der Waals surface area contributed by atoms with E-state index < -0.39 is 6.43 Å². The maximum absolute atomic E-state index is 12.3. The third kappa shape index (κ3) is 5.43. The maximum atomic E-state index is 12.3. The zero-order chi connectivity index (χ0) is 12.9. The number of nitrogens with zero attached hydrogens (tertiary/aromatic N) is 1. The highest BCUT2D eigenvalue weighted by atomic mass is 19.3. The Bertz CT molecular complexity index is 366. The fraction of sp³-hybridized carbons (Fsp3) is 0.462. The molecule has 0 bridgehead atoms. The van der Waals surface area contributed by atoms with Crippen molar-refractivity contribution in [3.05, 3.63) is 35.4 Å². The number of hydrogen-bond acceptors (Lipinski definition) is 2. The molecule has 0 aliphatic heterocycles. The highest BCUT2D eigenvalue weighted by molar-refractivity contribution is 5.63. The largest absolute Gasteiger partial charge is 0.391 e. The molecule has 0 fully saturated rings. The SMILES string of the molecule is CC(C)(C)C=NOCc1ccc(C(F)F)cc1. The Balaban J connectivity index is 2.45. The molecule has 1 aromatic carbocycles. The van der Waals surface area contributed by atoms with Crippen LogP contribution in [0, 0.1) is 5.41 Å². The van der Waals surface area contributed by atoms with E-state index in [0.29, 0.717) is 0 Å². The van der Waals surface area contributed by atoms with Crippen molar-refractivity contribution in [3.63, 3.8) is 0 Å². The van der Waals surface area contributed by atoms with E-state index in [1.54, 1.807) is 18.3 Å². The van der Waals surface area contributed by atoms with Crippen LogP contribution in [0.25, 0.3) is 0 Å². The van der Waals surface area contributed by atoms with Crippen LogP contribution in [-0.2, 0) is 11.4 Å². The van der Waals surface area contributed by atoms with Crippen LogP contribution >= 0.6 is 0 Å². The number of hydrogen-bond donors (Lipinski definition) is 0. The minimum absolute atomic E-state index is 0.0203. The molecule has 0 radical (unpaired) electrons. The molecule has 0 atom stereocenters. The first-order chi connectivity index (χ1) is 7.88. The van der Waals surface area contributed by atoms with Gasteiger partial charge in [0.1, 0.15) is 6.61 Å². The molecule has 94 valence electrons. The molecule has 1 rings (SSSR count). The first kappa shape index (κ1) is 13.6. The Hall–Kier alpha value is -1.45. The lowest BCUT2D eigenvalue weighted by Gasteiger charge is -2.09. The minimum Gasteiger partial charge on any atom is -0.391 e. The zero-order valence-electron chi connectivity index (χ0n) is 10.3. The predicted octanol–water partition coefficient (Wildman–Crippen LogP) is 4.17. The lowest BCUT2D eigenvalue weighted by atomic mass is 10.00. The van der Waals surface area contributed by atoms with E-state index in [9.17, 15) is 8.78 Å². The van der Waals surface area contributed by atoms with Gasteiger partial charge in [-0.05, 0) is 5.56 Å². The molecular formula is C13H17F2NO. The average Bonchev–Trinajstić information content (AvgIpc) is 2.24. The summed E-state index contributed by atoms with van der Waals surface area (Å²) in [6.07, 6.45) is -0.718. The third-order valence-corrected chi connectivity index (χ3v) is 1.98. The first-order valence-electron chi connectivity index (χ1n) is 5.42. The van der Waals surface area contributed by atoms with Gasteiger partial charge >= 0.3 is 0 Å². The van der Waals surface area contributed by atoms with E-state index in [1.165, 1.54) is 12.1 Å². The van der Waals surface area contributed by atoms with Gasteiger partial charge in [-0.1, -0.05) is 50.2 Å². The number of halogens is 2. The van der Waals surface area contributed by atoms with Gasteiger partial charge in [-0.25, -0.2) is 8.78 Å². The summed E-state index contributed by atoms with van der Waals surface area (Å²) in [5, 5.41) is 3.82. The standard InChI is InChI=1S/C13H17F2NO/c1-13(2,3)9-16-17-8-10-4-6-11(7-5-10)12(14)15/h4-7,9,12H,8H2,1-3H3. The summed E-state index contributed by atoms with van der Waals surface area (Å²) in [4.78, 5) is 5.08. The molecule has 0 amide bonds. The lowest BCUT2D eigenvalue weighted by molar-refractivity contribution is 0.129. The third-order valence-electron chi connectivity index (χ3n) is 1.98. The number of alkyl halides is 2. The number of oxime groups is 1. The number of rotatable bonds is 4. The molecule has 0 saturated carbocycles. The Morgan fingerprint density at radius 2 is 1.82 bits per heavy atom. The Labute approximate surface area is 100 Å². The van der Waals surface area contributed by atoms with E-state index in [2.05, 4.69) is 5.16 Å². The van der Waals surface area contributed by atoms with Crippen molar-refractivity contribution in [3.8, 4) is 0 Å². The second-order valence-corrected chi connectivity index (χ2v) is 4.92. The van der Waals surface area contributed by atoms with E-state index in [1.807, 2.05) is 20.8 Å². The van der Waals surface area contributed by atoms with Crippen molar-refractivity contribution in [2.75, 3.05) is 0 Å². The Kier molecular flexibility index (Phi) is 4.61. The van der Waals surface area contributed by atoms with E-state index in [4.69, 9.17) is 4.84 Å². The molecule has 0 saturated heterocycles. The van der Waals surface area contributed by atoms with Gasteiger partial charge < -0.3 is 4.84 Å². The smallest absolute Gasteiger partial charge is 0.263 e. The van der Waals surface area contributed by atoms with Crippen molar-refractivity contribution in [1.29, 1.82) is 0 Å². The molecular weight excluding hydrogens is 224 g/mol. The molecule has 0 unspecified atom stereocenters. The fourth-order valence-electron chi connectivity index (χ4n) is 1.07. The molecule has 0 aliphatic rings. The molecule has 0 heterocycles. The average molecular weight is 241 g/mol. The van der Waals surface area contributed by atoms with Crippen LogP contribution in [0.2, 0.25) is 0 Å². The van der Waals surface area contributed by atoms with Gasteiger partial charge in [-0.2, -0.15) is 0 Å². The first-order valence-corrected chi connectivity index (χ1v) is 5.42. The van der Waals surface area contributed by atoms with Crippen molar-refractivity contribution in [1.82, 2.24) is 0 Å². The summed E-state index contributed by atoms with van der Waals surface area (Å²) in [7, 11) is 0. The monoisotopic (exact) mass is 241 g/mol. The lowest BCUT2D eigenvalue weighted by Crippen LogP contribution is -2.06. The van der Waals surface area contributed by atoms with Gasteiger partial charge in [0.05, 0.1) is 0 Å². The predicted molar refractivity (Wildman–Crippen MR) is 64.1 cm³/mol. The molecule has 4 heteroatoms. The summed E-state index contributed by atoms with van der Waals surface area (Å²) >= 11 is 0. The van der Waals surface area contributed by atoms with Crippen molar-refractivity contribution >= 4 is 6.21 Å².